The summed E-state index contributed by atoms with van der Waals surface area (Å²) in [5.41, 5.74) is -1.28. The van der Waals surface area contributed by atoms with Gasteiger partial charge in [-0.15, -0.1) is 13.2 Å². The Bertz CT molecular complexity index is 1130. The highest BCUT2D eigenvalue weighted by molar-refractivity contribution is 9.09. The molecule has 4 rings (SSSR count). The van der Waals surface area contributed by atoms with Gasteiger partial charge in [-0.1, -0.05) is 41.9 Å². The molecule has 12 nitrogen and oxygen atoms in total. The first kappa shape index (κ1) is 36.5. The molecule has 0 aromatic heterocycles. The minimum atomic E-state index is -1.28. The maximum Gasteiger partial charge on any atom is 0.312 e. The quantitative estimate of drug-likeness (QED) is 0.131. The average molecular weight is 712 g/mol. The van der Waals surface area contributed by atoms with Crippen molar-refractivity contribution < 1.29 is 38.5 Å². The number of esters is 1. The van der Waals surface area contributed by atoms with Gasteiger partial charge in [-0.3, -0.25) is 24.1 Å². The molecule has 0 saturated carbocycles. The standard InChI is InChI=1S/C33H51BrN4O8/c1-6-8-9-25(40)35-19-22(5)45-32(43)26-27-30(41)38(23(20-39)17-21(3)4)29(33(27)18-24(34)28(26)46-33)31(42)37(10-7-2)12-11-36-13-15-44-16-14-36/h6-7,21-24,26-29,39H,1-2,8-20H2,3-5H3,(H,35,40)/t22-,23+,24?,26-,27+,28-,29-,33+/m0/s1. The lowest BCUT2D eigenvalue weighted by Gasteiger charge is -2.40. The average Bonchev–Trinajstić information content (AvgIpc) is 3.63. The third kappa shape index (κ3) is 7.69. The van der Waals surface area contributed by atoms with Gasteiger partial charge >= 0.3 is 5.97 Å². The monoisotopic (exact) mass is 710 g/mol. The number of fused-ring (bicyclic) bond motifs is 1. The van der Waals surface area contributed by atoms with Crippen LogP contribution in [-0.4, -0.2) is 137 Å². The molecule has 4 saturated heterocycles. The number of hydrogen-bond donors (Lipinski definition) is 2. The molecule has 1 spiro atoms. The van der Waals surface area contributed by atoms with Crippen LogP contribution in [0.25, 0.3) is 0 Å². The zero-order valence-corrected chi connectivity index (χ0v) is 29.0. The Hall–Kier alpha value is -2.32. The fraction of sp³-hybridized carbons (Fsp3) is 0.758. The van der Waals surface area contributed by atoms with Crippen LogP contribution < -0.4 is 5.32 Å². The fourth-order valence-electron chi connectivity index (χ4n) is 7.43. The fourth-order valence-corrected chi connectivity index (χ4v) is 8.38. The molecule has 2 bridgehead atoms. The van der Waals surface area contributed by atoms with Crippen LogP contribution in [0.4, 0.5) is 0 Å². The SMILES string of the molecule is C=CCCC(=O)NC[C@H](C)OC(=O)[C@@H]1[C@H]2O[C@@]3(CC2Br)[C@H](C(=O)N(CC=C)CCN2CCOCC2)N([C@@H](CO)CC(C)C)C(=O)[C@@H]13. The Labute approximate surface area is 280 Å². The van der Waals surface area contributed by atoms with E-state index in [1.54, 1.807) is 24.0 Å². The van der Waals surface area contributed by atoms with E-state index in [-0.39, 0.29) is 54.6 Å². The summed E-state index contributed by atoms with van der Waals surface area (Å²) in [6.45, 7) is 17.1. The summed E-state index contributed by atoms with van der Waals surface area (Å²) in [4.78, 5) is 60.3. The maximum atomic E-state index is 14.7. The first-order valence-electron chi connectivity index (χ1n) is 16.5. The molecule has 46 heavy (non-hydrogen) atoms. The molecular weight excluding hydrogens is 660 g/mol. The van der Waals surface area contributed by atoms with E-state index in [9.17, 15) is 24.3 Å². The number of carbonyl (C=O) groups excluding carboxylic acids is 4. The van der Waals surface area contributed by atoms with Crippen molar-refractivity contribution in [3.05, 3.63) is 25.3 Å². The van der Waals surface area contributed by atoms with Gasteiger partial charge in [0.2, 0.25) is 17.7 Å². The van der Waals surface area contributed by atoms with Gasteiger partial charge in [-0.25, -0.2) is 0 Å². The van der Waals surface area contributed by atoms with Crippen LogP contribution in [-0.2, 0) is 33.4 Å². The number of likely N-dealkylation sites (tertiary alicyclic amines) is 1. The smallest absolute Gasteiger partial charge is 0.312 e. The third-order valence-corrected chi connectivity index (χ3v) is 10.4. The highest BCUT2D eigenvalue weighted by Crippen LogP contribution is 2.61. The van der Waals surface area contributed by atoms with Gasteiger partial charge in [0.1, 0.15) is 17.7 Å². The van der Waals surface area contributed by atoms with Crippen molar-refractivity contribution in [2.75, 3.05) is 59.1 Å². The lowest BCUT2D eigenvalue weighted by Crippen LogP contribution is -2.59. The molecule has 0 radical (unpaired) electrons. The number of rotatable bonds is 17. The second-order valence-corrected chi connectivity index (χ2v) is 14.5. The molecule has 4 aliphatic rings. The number of ether oxygens (including phenoxy) is 3. The van der Waals surface area contributed by atoms with Crippen molar-refractivity contribution >= 4 is 39.6 Å². The second kappa shape index (κ2) is 16.2. The number of halogens is 1. The first-order valence-corrected chi connectivity index (χ1v) is 17.4. The number of carbonyl (C=O) groups is 4. The zero-order valence-electron chi connectivity index (χ0n) is 27.4. The Morgan fingerprint density at radius 1 is 1.22 bits per heavy atom. The normalized spacial score (nSPS) is 30.2. The molecule has 0 aromatic rings. The van der Waals surface area contributed by atoms with Crippen LogP contribution in [0.2, 0.25) is 0 Å². The number of nitrogens with one attached hydrogen (secondary N) is 1. The van der Waals surface area contributed by atoms with Crippen molar-refractivity contribution in [3.8, 4) is 0 Å². The zero-order chi connectivity index (χ0) is 33.6. The van der Waals surface area contributed by atoms with Gasteiger partial charge in [-0.05, 0) is 32.1 Å². The van der Waals surface area contributed by atoms with E-state index < -0.39 is 47.7 Å². The van der Waals surface area contributed by atoms with E-state index in [2.05, 4.69) is 39.3 Å². The molecule has 0 aromatic carbocycles. The maximum absolute atomic E-state index is 14.7. The summed E-state index contributed by atoms with van der Waals surface area (Å²) in [7, 11) is 0. The molecule has 8 atom stereocenters. The van der Waals surface area contributed by atoms with Gasteiger partial charge in [0, 0.05) is 44.0 Å². The van der Waals surface area contributed by atoms with Crippen LogP contribution in [0.5, 0.6) is 0 Å². The summed E-state index contributed by atoms with van der Waals surface area (Å²) >= 11 is 3.70. The number of nitrogens with zero attached hydrogens (tertiary/aromatic N) is 3. The molecule has 4 aliphatic heterocycles. The number of amides is 3. The van der Waals surface area contributed by atoms with Crippen molar-refractivity contribution in [1.82, 2.24) is 20.0 Å². The number of aliphatic hydroxyl groups is 1. The molecule has 1 unspecified atom stereocenters. The molecule has 3 amide bonds. The Morgan fingerprint density at radius 3 is 2.57 bits per heavy atom. The predicted octanol–water partition coefficient (Wildman–Crippen LogP) is 1.50. The number of alkyl halides is 1. The molecular formula is C33H51BrN4O8. The van der Waals surface area contributed by atoms with Crippen LogP contribution in [0.15, 0.2) is 25.3 Å². The van der Waals surface area contributed by atoms with E-state index in [1.165, 1.54) is 4.90 Å². The van der Waals surface area contributed by atoms with Crippen molar-refractivity contribution in [3.63, 3.8) is 0 Å². The van der Waals surface area contributed by atoms with E-state index in [0.717, 1.165) is 13.1 Å². The molecule has 13 heteroatoms. The van der Waals surface area contributed by atoms with E-state index in [1.807, 2.05) is 13.8 Å². The predicted molar refractivity (Wildman–Crippen MR) is 175 cm³/mol. The van der Waals surface area contributed by atoms with Gasteiger partial charge in [0.15, 0.2) is 0 Å². The summed E-state index contributed by atoms with van der Waals surface area (Å²) in [6, 6.07) is -1.67. The first-order chi connectivity index (χ1) is 22.0. The van der Waals surface area contributed by atoms with Crippen LogP contribution in [0.1, 0.15) is 46.5 Å². The van der Waals surface area contributed by atoms with Crippen LogP contribution >= 0.6 is 15.9 Å². The lowest BCUT2D eigenvalue weighted by molar-refractivity contribution is -0.160. The number of hydrogen-bond acceptors (Lipinski definition) is 9. The molecule has 2 N–H and O–H groups in total. The van der Waals surface area contributed by atoms with E-state index in [4.69, 9.17) is 14.2 Å². The molecule has 258 valence electrons. The molecule has 4 fully saturated rings. The topological polar surface area (TPSA) is 138 Å². The number of allylic oxidation sites excluding steroid dienone is 1. The summed E-state index contributed by atoms with van der Waals surface area (Å²) in [5, 5.41) is 13.3. The van der Waals surface area contributed by atoms with Crippen LogP contribution in [0, 0.1) is 17.8 Å². The third-order valence-electron chi connectivity index (χ3n) is 9.51. The highest BCUT2D eigenvalue weighted by atomic mass is 79.9. The van der Waals surface area contributed by atoms with Gasteiger partial charge in [0.05, 0.1) is 50.3 Å². The number of morpholine rings is 1. The Kier molecular flexibility index (Phi) is 12.8. The summed E-state index contributed by atoms with van der Waals surface area (Å²) in [5.74, 6) is -3.21. The van der Waals surface area contributed by atoms with Crippen molar-refractivity contribution in [2.24, 2.45) is 17.8 Å². The lowest BCUT2D eigenvalue weighted by atomic mass is 9.70. The summed E-state index contributed by atoms with van der Waals surface area (Å²) < 4.78 is 17.9. The van der Waals surface area contributed by atoms with E-state index in [0.29, 0.717) is 45.6 Å². The Morgan fingerprint density at radius 2 is 1.93 bits per heavy atom. The molecule has 0 aliphatic carbocycles. The minimum Gasteiger partial charge on any atom is -0.460 e. The van der Waals surface area contributed by atoms with Crippen molar-refractivity contribution in [2.45, 2.75) is 81.2 Å². The minimum absolute atomic E-state index is 0.120. The van der Waals surface area contributed by atoms with Crippen molar-refractivity contribution in [1.29, 1.82) is 0 Å². The largest absolute Gasteiger partial charge is 0.460 e. The Balaban J connectivity index is 1.62. The summed E-state index contributed by atoms with van der Waals surface area (Å²) in [6.07, 6.45) is 3.66. The highest BCUT2D eigenvalue weighted by Gasteiger charge is 2.77. The van der Waals surface area contributed by atoms with Gasteiger partial charge in [-0.2, -0.15) is 0 Å². The van der Waals surface area contributed by atoms with E-state index >= 15 is 0 Å². The van der Waals surface area contributed by atoms with Crippen LogP contribution in [0.3, 0.4) is 0 Å². The van der Waals surface area contributed by atoms with Gasteiger partial charge < -0.3 is 34.4 Å². The molecule has 4 heterocycles. The second-order valence-electron chi connectivity index (χ2n) is 13.3. The van der Waals surface area contributed by atoms with Gasteiger partial charge in [0.25, 0.3) is 0 Å². The number of aliphatic hydroxyl groups excluding tert-OH is 1.